The Balaban J connectivity index is 2.00. The van der Waals surface area contributed by atoms with Crippen LogP contribution in [0.3, 0.4) is 0 Å². The van der Waals surface area contributed by atoms with E-state index in [0.29, 0.717) is 11.4 Å². The molecule has 1 N–H and O–H groups in total. The van der Waals surface area contributed by atoms with Crippen LogP contribution in [-0.2, 0) is 0 Å². The van der Waals surface area contributed by atoms with Gasteiger partial charge in [0.1, 0.15) is 5.69 Å². The average Bonchev–Trinajstić information content (AvgIpc) is 2.73. The molecule has 9 heteroatoms. The van der Waals surface area contributed by atoms with Crippen LogP contribution in [0.15, 0.2) is 59.4 Å². The van der Waals surface area contributed by atoms with E-state index in [0.717, 1.165) is 12.2 Å². The van der Waals surface area contributed by atoms with Crippen LogP contribution in [0.2, 0.25) is 0 Å². The summed E-state index contributed by atoms with van der Waals surface area (Å²) in [5.74, 6) is -0.691. The normalized spacial score (nSPS) is 10.5. The maximum atomic E-state index is 12.8. The number of hydrogen-bond donors (Lipinski definition) is 1. The summed E-state index contributed by atoms with van der Waals surface area (Å²) in [5.41, 5.74) is 0.854. The van der Waals surface area contributed by atoms with Crippen molar-refractivity contribution < 1.29 is 9.72 Å². The summed E-state index contributed by atoms with van der Waals surface area (Å²) in [5, 5.41) is 18.2. The number of benzene rings is 2. The third-order valence-electron chi connectivity index (χ3n) is 4.65. The Hall–Kier alpha value is -4.01. The van der Waals surface area contributed by atoms with Gasteiger partial charge in [0, 0.05) is 42.8 Å². The third kappa shape index (κ3) is 4.19. The maximum Gasteiger partial charge on any atom is 0.294 e. The van der Waals surface area contributed by atoms with Gasteiger partial charge in [0.15, 0.2) is 5.69 Å². The Morgan fingerprint density at radius 1 is 1.20 bits per heavy atom. The van der Waals surface area contributed by atoms with Crippen molar-refractivity contribution >= 4 is 23.0 Å². The van der Waals surface area contributed by atoms with Gasteiger partial charge in [0.2, 0.25) is 5.43 Å². The Labute approximate surface area is 172 Å². The molecular formula is C21H21N5O4. The van der Waals surface area contributed by atoms with Crippen molar-refractivity contribution in [2.45, 2.75) is 13.8 Å². The summed E-state index contributed by atoms with van der Waals surface area (Å²) in [6.45, 7) is 4.39. The number of rotatable bonds is 6. The fraction of sp³-hybridized carbons (Fsp3) is 0.190. The molecule has 0 aliphatic carbocycles. The topological polar surface area (TPSA) is 110 Å². The molecule has 1 amide bonds. The molecule has 0 saturated carbocycles. The van der Waals surface area contributed by atoms with Crippen molar-refractivity contribution in [2.24, 2.45) is 0 Å². The maximum absolute atomic E-state index is 12.8. The van der Waals surface area contributed by atoms with Crippen LogP contribution in [0.1, 0.15) is 23.1 Å². The molecule has 0 aliphatic rings. The van der Waals surface area contributed by atoms with Crippen LogP contribution in [0.4, 0.5) is 17.1 Å². The lowest BCUT2D eigenvalue weighted by Crippen LogP contribution is -2.27. The first-order valence-corrected chi connectivity index (χ1v) is 9.29. The molecule has 2 aromatic carbocycles. The number of para-hydroxylation sites is 2. The Bertz CT molecular complexity index is 1170. The number of carbonyl (C=O) groups excluding carboxylic acids is 1. The van der Waals surface area contributed by atoms with Crippen LogP contribution >= 0.6 is 0 Å². The number of nitrogens with zero attached hydrogens (tertiary/aromatic N) is 4. The summed E-state index contributed by atoms with van der Waals surface area (Å²) >= 11 is 0. The van der Waals surface area contributed by atoms with Crippen LogP contribution < -0.4 is 15.6 Å². The van der Waals surface area contributed by atoms with E-state index in [-0.39, 0.29) is 17.1 Å². The predicted octanol–water partition coefficient (Wildman–Crippen LogP) is 3.16. The number of carbonyl (C=O) groups is 1. The van der Waals surface area contributed by atoms with E-state index >= 15 is 0 Å². The fourth-order valence-electron chi connectivity index (χ4n) is 2.94. The van der Waals surface area contributed by atoms with E-state index in [9.17, 15) is 19.7 Å². The van der Waals surface area contributed by atoms with Crippen molar-refractivity contribution in [1.29, 1.82) is 0 Å². The first-order chi connectivity index (χ1) is 14.3. The smallest absolute Gasteiger partial charge is 0.294 e. The van der Waals surface area contributed by atoms with E-state index in [2.05, 4.69) is 10.4 Å². The lowest BCUT2D eigenvalue weighted by atomic mass is 10.2. The van der Waals surface area contributed by atoms with Gasteiger partial charge < -0.3 is 10.2 Å². The standard InChI is InChI=1S/C21H21N5O4/c1-4-24(3)16-9-7-8-15(13-16)22-21(28)20-19(27)12-14(2)25(23-20)17-10-5-6-11-18(17)26(29)30/h5-13H,4H2,1-3H3,(H,22,28). The molecule has 0 spiro atoms. The molecule has 1 heterocycles. The van der Waals surface area contributed by atoms with Gasteiger partial charge in [-0.1, -0.05) is 18.2 Å². The first-order valence-electron chi connectivity index (χ1n) is 9.29. The summed E-state index contributed by atoms with van der Waals surface area (Å²) in [7, 11) is 1.92. The van der Waals surface area contributed by atoms with Gasteiger partial charge in [-0.05, 0) is 38.1 Å². The van der Waals surface area contributed by atoms with E-state index in [1.54, 1.807) is 31.2 Å². The Kier molecular flexibility index (Phi) is 5.91. The zero-order valence-corrected chi connectivity index (χ0v) is 16.8. The molecule has 0 fully saturated rings. The van der Waals surface area contributed by atoms with Crippen LogP contribution in [0.5, 0.6) is 0 Å². The lowest BCUT2D eigenvalue weighted by molar-refractivity contribution is -0.384. The van der Waals surface area contributed by atoms with Crippen LogP contribution in [-0.4, -0.2) is 34.2 Å². The van der Waals surface area contributed by atoms with Crippen molar-refractivity contribution in [3.63, 3.8) is 0 Å². The number of nitro benzene ring substituents is 1. The molecule has 30 heavy (non-hydrogen) atoms. The first kappa shape index (κ1) is 20.7. The fourth-order valence-corrected chi connectivity index (χ4v) is 2.94. The van der Waals surface area contributed by atoms with Crippen LogP contribution in [0.25, 0.3) is 5.69 Å². The second kappa shape index (κ2) is 8.56. The molecule has 0 aliphatic heterocycles. The van der Waals surface area contributed by atoms with Gasteiger partial charge in [0.25, 0.3) is 11.6 Å². The Morgan fingerprint density at radius 2 is 1.93 bits per heavy atom. The van der Waals surface area contributed by atoms with Gasteiger partial charge >= 0.3 is 0 Å². The molecule has 0 saturated heterocycles. The minimum atomic E-state index is -0.691. The van der Waals surface area contributed by atoms with E-state index < -0.39 is 16.3 Å². The molecule has 3 rings (SSSR count). The number of hydrogen-bond acceptors (Lipinski definition) is 6. The molecule has 0 bridgehead atoms. The molecule has 0 atom stereocenters. The number of nitro groups is 1. The molecule has 154 valence electrons. The van der Waals surface area contributed by atoms with E-state index in [1.807, 2.05) is 24.9 Å². The van der Waals surface area contributed by atoms with Gasteiger partial charge in [-0.3, -0.25) is 19.7 Å². The second-order valence-corrected chi connectivity index (χ2v) is 6.67. The highest BCUT2D eigenvalue weighted by atomic mass is 16.6. The number of amides is 1. The number of aromatic nitrogens is 2. The zero-order valence-electron chi connectivity index (χ0n) is 16.8. The minimum Gasteiger partial charge on any atom is -0.375 e. The summed E-state index contributed by atoms with van der Waals surface area (Å²) in [6.07, 6.45) is 0. The summed E-state index contributed by atoms with van der Waals surface area (Å²) in [6, 6.07) is 14.4. The van der Waals surface area contributed by atoms with Gasteiger partial charge in [-0.25, -0.2) is 4.68 Å². The van der Waals surface area contributed by atoms with Crippen molar-refractivity contribution in [3.05, 3.63) is 86.3 Å². The second-order valence-electron chi connectivity index (χ2n) is 6.67. The molecule has 0 unspecified atom stereocenters. The van der Waals surface area contributed by atoms with Crippen molar-refractivity contribution in [2.75, 3.05) is 23.8 Å². The minimum absolute atomic E-state index is 0.167. The van der Waals surface area contributed by atoms with Crippen molar-refractivity contribution in [1.82, 2.24) is 9.78 Å². The summed E-state index contributed by atoms with van der Waals surface area (Å²) < 4.78 is 1.23. The summed E-state index contributed by atoms with van der Waals surface area (Å²) in [4.78, 5) is 38.0. The van der Waals surface area contributed by atoms with Gasteiger partial charge in [-0.15, -0.1) is 0 Å². The predicted molar refractivity (Wildman–Crippen MR) is 115 cm³/mol. The monoisotopic (exact) mass is 407 g/mol. The molecule has 0 radical (unpaired) electrons. The molecule has 9 nitrogen and oxygen atoms in total. The van der Waals surface area contributed by atoms with Crippen LogP contribution in [0, 0.1) is 17.0 Å². The number of aryl methyl sites for hydroxylation is 1. The highest BCUT2D eigenvalue weighted by Gasteiger charge is 2.20. The Morgan fingerprint density at radius 3 is 2.63 bits per heavy atom. The SMILES string of the molecule is CCN(C)c1cccc(NC(=O)c2nn(-c3ccccc3[N+](=O)[O-])c(C)cc2=O)c1. The molecule has 1 aromatic heterocycles. The average molecular weight is 407 g/mol. The lowest BCUT2D eigenvalue weighted by Gasteiger charge is -2.17. The quantitative estimate of drug-likeness (QED) is 0.496. The highest BCUT2D eigenvalue weighted by molar-refractivity contribution is 6.02. The molecule has 3 aromatic rings. The van der Waals surface area contributed by atoms with E-state index in [4.69, 9.17) is 0 Å². The van der Waals surface area contributed by atoms with Gasteiger partial charge in [-0.2, -0.15) is 5.10 Å². The van der Waals surface area contributed by atoms with E-state index in [1.165, 1.54) is 28.9 Å². The van der Waals surface area contributed by atoms with Crippen molar-refractivity contribution in [3.8, 4) is 5.69 Å². The zero-order chi connectivity index (χ0) is 21.8. The van der Waals surface area contributed by atoms with Gasteiger partial charge in [0.05, 0.1) is 4.92 Å². The number of anilines is 2. The third-order valence-corrected chi connectivity index (χ3v) is 4.65. The largest absolute Gasteiger partial charge is 0.375 e. The molecular weight excluding hydrogens is 386 g/mol. The number of nitrogens with one attached hydrogen (secondary N) is 1. The highest BCUT2D eigenvalue weighted by Crippen LogP contribution is 2.22.